The molecule has 3 N–H and O–H groups in total. The Labute approximate surface area is 186 Å². The first-order valence-electron chi connectivity index (χ1n) is 9.62. The van der Waals surface area contributed by atoms with E-state index in [2.05, 4.69) is 36.5 Å². The van der Waals surface area contributed by atoms with Gasteiger partial charge in [0.15, 0.2) is 0 Å². The smallest absolute Gasteiger partial charge is 0.267 e. The third-order valence-electron chi connectivity index (χ3n) is 4.51. The van der Waals surface area contributed by atoms with Crippen molar-refractivity contribution in [3.8, 4) is 0 Å². The molecule has 0 atom stereocenters. The average Bonchev–Trinajstić information content (AvgIpc) is 3.42. The summed E-state index contributed by atoms with van der Waals surface area (Å²) in [5.41, 5.74) is 2.35. The molecule has 0 aliphatic rings. The number of aromatic amines is 1. The molecule has 2 amide bonds. The molecule has 0 aliphatic carbocycles. The zero-order chi connectivity index (χ0) is 21.6. The van der Waals surface area contributed by atoms with E-state index < -0.39 is 11.8 Å². The number of amides is 2. The van der Waals surface area contributed by atoms with Crippen LogP contribution in [-0.4, -0.2) is 28.3 Å². The summed E-state index contributed by atoms with van der Waals surface area (Å²) in [6.07, 6.45) is 3.52. The molecule has 0 saturated heterocycles. The molecule has 2 aromatic carbocycles. The molecule has 4 rings (SSSR count). The molecule has 31 heavy (non-hydrogen) atoms. The molecule has 0 fully saturated rings. The number of H-pyrrole nitrogens is 1. The van der Waals surface area contributed by atoms with Crippen LogP contribution in [0.2, 0.25) is 0 Å². The number of benzene rings is 2. The van der Waals surface area contributed by atoms with Gasteiger partial charge in [0.1, 0.15) is 17.3 Å². The van der Waals surface area contributed by atoms with E-state index in [0.29, 0.717) is 24.3 Å². The minimum atomic E-state index is -0.419. The van der Waals surface area contributed by atoms with Crippen LogP contribution >= 0.6 is 15.9 Å². The van der Waals surface area contributed by atoms with E-state index >= 15 is 0 Å². The monoisotopic (exact) mass is 478 g/mol. The van der Waals surface area contributed by atoms with Gasteiger partial charge in [0.25, 0.3) is 11.8 Å². The van der Waals surface area contributed by atoms with Gasteiger partial charge in [-0.15, -0.1) is 0 Å². The van der Waals surface area contributed by atoms with Crippen LogP contribution in [0.1, 0.15) is 21.9 Å². The molecule has 0 radical (unpaired) electrons. The highest BCUT2D eigenvalue weighted by atomic mass is 79.9. The maximum Gasteiger partial charge on any atom is 0.267 e. The Morgan fingerprint density at radius 2 is 1.87 bits per heavy atom. The average molecular weight is 479 g/mol. The molecule has 8 heteroatoms. The van der Waals surface area contributed by atoms with Crippen LogP contribution in [0.5, 0.6) is 0 Å². The maximum atomic E-state index is 12.8. The van der Waals surface area contributed by atoms with Gasteiger partial charge in [-0.1, -0.05) is 28.1 Å². The number of imidazole rings is 1. The molecule has 2 aromatic heterocycles. The number of hydrogen-bond donors (Lipinski definition) is 3. The fourth-order valence-corrected chi connectivity index (χ4v) is 3.25. The number of carbonyl (C=O) groups is 2. The van der Waals surface area contributed by atoms with Gasteiger partial charge in [0.05, 0.1) is 17.3 Å². The maximum absolute atomic E-state index is 12.8. The first-order valence-corrected chi connectivity index (χ1v) is 10.4. The zero-order valence-electron chi connectivity index (χ0n) is 16.4. The second-order valence-corrected chi connectivity index (χ2v) is 7.66. The van der Waals surface area contributed by atoms with Gasteiger partial charge in [0, 0.05) is 29.1 Å². The van der Waals surface area contributed by atoms with Gasteiger partial charge in [0.2, 0.25) is 0 Å². The van der Waals surface area contributed by atoms with Crippen LogP contribution in [0, 0.1) is 0 Å². The fraction of sp³-hybridized carbons (Fsp3) is 0.0870. The molecule has 0 spiro atoms. The number of halogens is 1. The number of aromatic nitrogens is 2. The van der Waals surface area contributed by atoms with Gasteiger partial charge in [-0.3, -0.25) is 9.59 Å². The fourth-order valence-electron chi connectivity index (χ4n) is 2.98. The topological polar surface area (TPSA) is 100 Å². The highest BCUT2D eigenvalue weighted by Gasteiger charge is 2.15. The van der Waals surface area contributed by atoms with Crippen LogP contribution in [-0.2, 0) is 11.2 Å². The van der Waals surface area contributed by atoms with Crippen molar-refractivity contribution >= 4 is 44.9 Å². The highest BCUT2D eigenvalue weighted by Crippen LogP contribution is 2.13. The summed E-state index contributed by atoms with van der Waals surface area (Å²) in [5, 5.41) is 5.50. The number of nitrogens with one attached hydrogen (secondary N) is 3. The second kappa shape index (κ2) is 9.44. The summed E-state index contributed by atoms with van der Waals surface area (Å²) in [6.45, 7) is 0.350. The largest absolute Gasteiger partial charge is 0.465 e. The second-order valence-electron chi connectivity index (χ2n) is 6.74. The standard InChI is InChI=1S/C23H19BrN4O3/c24-16-9-7-15(8-10-16)22(29)28-20(14-17-4-3-13-31-17)23(30)25-12-11-21-26-18-5-1-2-6-19(18)27-21/h1-10,13-14H,11-12H2,(H,25,30)(H,26,27)(H,28,29). The Hall–Kier alpha value is -3.65. The molecule has 0 unspecified atom stereocenters. The predicted molar refractivity (Wildman–Crippen MR) is 121 cm³/mol. The zero-order valence-corrected chi connectivity index (χ0v) is 18.0. The number of carbonyl (C=O) groups excluding carboxylic acids is 2. The SMILES string of the molecule is O=C(NCCc1nc2ccccc2[nH]1)C(=Cc1ccco1)NC(=O)c1ccc(Br)cc1. The van der Waals surface area contributed by atoms with Crippen molar-refractivity contribution in [2.45, 2.75) is 6.42 Å². The van der Waals surface area contributed by atoms with Gasteiger partial charge in [-0.2, -0.15) is 0 Å². The lowest BCUT2D eigenvalue weighted by atomic mass is 10.2. The van der Waals surface area contributed by atoms with Crippen molar-refractivity contribution in [3.05, 3.63) is 94.2 Å². The van der Waals surface area contributed by atoms with Crippen molar-refractivity contribution in [2.75, 3.05) is 6.54 Å². The Morgan fingerprint density at radius 1 is 1.06 bits per heavy atom. The van der Waals surface area contributed by atoms with Crippen LogP contribution in [0.25, 0.3) is 17.1 Å². The van der Waals surface area contributed by atoms with E-state index in [0.717, 1.165) is 21.3 Å². The lowest BCUT2D eigenvalue weighted by Gasteiger charge is -2.10. The van der Waals surface area contributed by atoms with Crippen LogP contribution in [0.4, 0.5) is 0 Å². The summed E-state index contributed by atoms with van der Waals surface area (Å²) in [6, 6.07) is 18.0. The van der Waals surface area contributed by atoms with Gasteiger partial charge in [-0.25, -0.2) is 4.98 Å². The van der Waals surface area contributed by atoms with E-state index in [-0.39, 0.29) is 5.70 Å². The van der Waals surface area contributed by atoms with Crippen molar-refractivity contribution < 1.29 is 14.0 Å². The first kappa shape index (κ1) is 20.6. The molecular formula is C23H19BrN4O3. The minimum Gasteiger partial charge on any atom is -0.465 e. The number of hydrogen-bond acceptors (Lipinski definition) is 4. The Balaban J connectivity index is 1.43. The van der Waals surface area contributed by atoms with E-state index in [1.165, 1.54) is 12.3 Å². The first-order chi connectivity index (χ1) is 15.1. The summed E-state index contributed by atoms with van der Waals surface area (Å²) in [4.78, 5) is 33.1. The van der Waals surface area contributed by atoms with E-state index in [1.807, 2.05) is 24.3 Å². The molecule has 4 aromatic rings. The van der Waals surface area contributed by atoms with Crippen molar-refractivity contribution in [3.63, 3.8) is 0 Å². The lowest BCUT2D eigenvalue weighted by Crippen LogP contribution is -2.35. The van der Waals surface area contributed by atoms with Crippen molar-refractivity contribution in [1.82, 2.24) is 20.6 Å². The molecule has 7 nitrogen and oxygen atoms in total. The lowest BCUT2D eigenvalue weighted by molar-refractivity contribution is -0.117. The normalized spacial score (nSPS) is 11.5. The summed E-state index contributed by atoms with van der Waals surface area (Å²) in [7, 11) is 0. The molecule has 156 valence electrons. The van der Waals surface area contributed by atoms with Crippen molar-refractivity contribution in [2.24, 2.45) is 0 Å². The predicted octanol–water partition coefficient (Wildman–Crippen LogP) is 4.05. The molecule has 0 bridgehead atoms. The highest BCUT2D eigenvalue weighted by molar-refractivity contribution is 9.10. The van der Waals surface area contributed by atoms with Crippen LogP contribution < -0.4 is 10.6 Å². The Kier molecular flexibility index (Phi) is 6.28. The van der Waals surface area contributed by atoms with Gasteiger partial charge < -0.3 is 20.0 Å². The number of nitrogens with zero attached hydrogens (tertiary/aromatic N) is 1. The number of furan rings is 1. The Bertz CT molecular complexity index is 1190. The van der Waals surface area contributed by atoms with Gasteiger partial charge >= 0.3 is 0 Å². The van der Waals surface area contributed by atoms with E-state index in [9.17, 15) is 9.59 Å². The molecular weight excluding hydrogens is 460 g/mol. The minimum absolute atomic E-state index is 0.0903. The van der Waals surface area contributed by atoms with Crippen LogP contribution in [0.15, 0.2) is 81.5 Å². The summed E-state index contributed by atoms with van der Waals surface area (Å²) >= 11 is 3.34. The number of fused-ring (bicyclic) bond motifs is 1. The van der Waals surface area contributed by atoms with Crippen molar-refractivity contribution in [1.29, 1.82) is 0 Å². The Morgan fingerprint density at radius 3 is 2.61 bits per heavy atom. The third-order valence-corrected chi connectivity index (χ3v) is 5.04. The number of rotatable bonds is 7. The summed E-state index contributed by atoms with van der Waals surface area (Å²) in [5.74, 6) is 0.422. The summed E-state index contributed by atoms with van der Waals surface area (Å²) < 4.78 is 6.16. The quantitative estimate of drug-likeness (QED) is 0.348. The number of para-hydroxylation sites is 2. The molecule has 0 aliphatic heterocycles. The molecule has 2 heterocycles. The molecule has 0 saturated carbocycles. The van der Waals surface area contributed by atoms with E-state index in [4.69, 9.17) is 4.42 Å². The van der Waals surface area contributed by atoms with Gasteiger partial charge in [-0.05, 0) is 48.5 Å². The van der Waals surface area contributed by atoms with Crippen LogP contribution in [0.3, 0.4) is 0 Å². The van der Waals surface area contributed by atoms with E-state index in [1.54, 1.807) is 36.4 Å². The third kappa shape index (κ3) is 5.29.